The quantitative estimate of drug-likeness (QED) is 0.560. The monoisotopic (exact) mass is 520 g/mol. The van der Waals surface area contributed by atoms with E-state index < -0.39 is 12.2 Å². The molecule has 4 aliphatic rings. The van der Waals surface area contributed by atoms with E-state index in [2.05, 4.69) is 9.80 Å². The van der Waals surface area contributed by atoms with E-state index in [1.807, 2.05) is 26.0 Å². The van der Waals surface area contributed by atoms with Crippen molar-refractivity contribution in [2.45, 2.75) is 70.5 Å². The second-order valence-electron chi connectivity index (χ2n) is 11.4. The van der Waals surface area contributed by atoms with Gasteiger partial charge in [-0.2, -0.15) is 0 Å². The number of hydrogen-bond acceptors (Lipinski definition) is 8. The third-order valence-electron chi connectivity index (χ3n) is 9.33. The minimum absolute atomic E-state index is 0.0180. The van der Waals surface area contributed by atoms with Crippen LogP contribution < -0.4 is 0 Å². The number of carbonyl (C=O) groups is 2. The maximum Gasteiger partial charge on any atom is 0.338 e. The molecule has 8 heteroatoms. The Bertz CT molecular complexity index is 1290. The molecule has 38 heavy (non-hydrogen) atoms. The van der Waals surface area contributed by atoms with Gasteiger partial charge in [-0.1, -0.05) is 12.1 Å². The molecule has 2 aromatic rings. The Kier molecular flexibility index (Phi) is 6.54. The molecule has 2 N–H and O–H groups in total. The highest BCUT2D eigenvalue weighted by Gasteiger charge is 2.45. The molecule has 0 saturated carbocycles. The van der Waals surface area contributed by atoms with Gasteiger partial charge in [-0.15, -0.1) is 0 Å². The molecule has 1 unspecified atom stereocenters. The minimum Gasteiger partial charge on any atom is -0.457 e. The zero-order valence-corrected chi connectivity index (χ0v) is 22.2. The van der Waals surface area contributed by atoms with Gasteiger partial charge in [0.2, 0.25) is 0 Å². The molecule has 2 fully saturated rings. The van der Waals surface area contributed by atoms with Crippen molar-refractivity contribution < 1.29 is 29.3 Å². The maximum atomic E-state index is 11.9. The Hall–Kier alpha value is -2.78. The van der Waals surface area contributed by atoms with Crippen LogP contribution in [0.25, 0.3) is 0 Å². The Morgan fingerprint density at radius 1 is 0.816 bits per heavy atom. The fraction of sp³-hybridized carbons (Fsp3) is 0.533. The van der Waals surface area contributed by atoms with Crippen LogP contribution in [-0.2, 0) is 22.7 Å². The van der Waals surface area contributed by atoms with Gasteiger partial charge in [0.05, 0.1) is 23.3 Å². The van der Waals surface area contributed by atoms with Crippen molar-refractivity contribution in [3.05, 3.63) is 68.8 Å². The zero-order chi connectivity index (χ0) is 26.6. The minimum atomic E-state index is -0.648. The number of fused-ring (bicyclic) bond motifs is 2. The fourth-order valence-corrected chi connectivity index (χ4v) is 7.21. The number of likely N-dealkylation sites (tertiary alicyclic amines) is 2. The molecule has 1 spiro atoms. The molecule has 2 saturated heterocycles. The van der Waals surface area contributed by atoms with Crippen molar-refractivity contribution in [2.75, 3.05) is 32.7 Å². The van der Waals surface area contributed by atoms with Crippen LogP contribution in [0.15, 0.2) is 24.3 Å². The van der Waals surface area contributed by atoms with Gasteiger partial charge >= 0.3 is 11.9 Å². The normalized spacial score (nSPS) is 24.8. The standard InChI is InChI=1S/C30H36N2O6/c1-18-20(5-7-22-24(18)15-37-28(22)35)26(33)13-31-11-3-9-30(17-31)10-4-12-32(30)14-27(34)21-6-8-23-25(19(21)2)16-38-29(23)36/h5-8,26-27,33-34H,3-4,9-17H2,1-2H3/t26-,27-,30?/m0/s1. The van der Waals surface area contributed by atoms with E-state index in [1.54, 1.807) is 12.1 Å². The van der Waals surface area contributed by atoms with E-state index in [0.29, 0.717) is 24.2 Å². The Labute approximate surface area is 223 Å². The molecule has 8 nitrogen and oxygen atoms in total. The lowest BCUT2D eigenvalue weighted by molar-refractivity contribution is -0.00312. The molecule has 0 amide bonds. The Morgan fingerprint density at radius 2 is 1.34 bits per heavy atom. The van der Waals surface area contributed by atoms with Gasteiger partial charge in [0.15, 0.2) is 0 Å². The van der Waals surface area contributed by atoms with Crippen LogP contribution in [0.4, 0.5) is 0 Å². The van der Waals surface area contributed by atoms with Crippen LogP contribution in [-0.4, -0.2) is 70.2 Å². The number of hydrogen-bond donors (Lipinski definition) is 2. The van der Waals surface area contributed by atoms with Gasteiger partial charge in [-0.25, -0.2) is 9.59 Å². The Balaban J connectivity index is 1.15. The molecule has 0 bridgehead atoms. The number of ether oxygens (including phenoxy) is 2. The lowest BCUT2D eigenvalue weighted by atomic mass is 9.85. The number of β-amino-alcohol motifs (C(OH)–C–C–N with tert-alkyl or cyclic N) is 2. The smallest absolute Gasteiger partial charge is 0.338 e. The first-order valence-corrected chi connectivity index (χ1v) is 13.7. The lowest BCUT2D eigenvalue weighted by Crippen LogP contribution is -2.56. The highest BCUT2D eigenvalue weighted by Crippen LogP contribution is 2.40. The number of nitrogens with zero attached hydrogens (tertiary/aromatic N) is 2. The fourth-order valence-electron chi connectivity index (χ4n) is 7.21. The largest absolute Gasteiger partial charge is 0.457 e. The average molecular weight is 521 g/mol. The summed E-state index contributed by atoms with van der Waals surface area (Å²) in [6.07, 6.45) is 3.00. The first kappa shape index (κ1) is 25.5. The molecule has 0 radical (unpaired) electrons. The molecular weight excluding hydrogens is 484 g/mol. The number of cyclic esters (lactones) is 2. The summed E-state index contributed by atoms with van der Waals surface area (Å²) >= 11 is 0. The lowest BCUT2D eigenvalue weighted by Gasteiger charge is -2.47. The number of esters is 2. The van der Waals surface area contributed by atoms with Crippen molar-refractivity contribution >= 4 is 11.9 Å². The molecule has 4 heterocycles. The van der Waals surface area contributed by atoms with Gasteiger partial charge in [-0.05, 0) is 87.0 Å². The van der Waals surface area contributed by atoms with E-state index in [4.69, 9.17) is 9.47 Å². The summed E-state index contributed by atoms with van der Waals surface area (Å²) in [5, 5.41) is 22.5. The van der Waals surface area contributed by atoms with Gasteiger partial charge in [0.1, 0.15) is 13.2 Å². The second kappa shape index (κ2) is 9.75. The van der Waals surface area contributed by atoms with E-state index in [0.717, 1.165) is 78.7 Å². The second-order valence-corrected chi connectivity index (χ2v) is 11.4. The number of aliphatic hydroxyl groups is 2. The third-order valence-corrected chi connectivity index (χ3v) is 9.33. The summed E-state index contributed by atoms with van der Waals surface area (Å²) in [5.74, 6) is -0.577. The van der Waals surface area contributed by atoms with E-state index in [-0.39, 0.29) is 30.7 Å². The van der Waals surface area contributed by atoms with Crippen LogP contribution in [0.1, 0.15) is 92.0 Å². The number of aliphatic hydroxyl groups excluding tert-OH is 2. The predicted molar refractivity (Wildman–Crippen MR) is 140 cm³/mol. The number of rotatable bonds is 6. The van der Waals surface area contributed by atoms with Crippen molar-refractivity contribution in [1.29, 1.82) is 0 Å². The number of piperidine rings is 1. The topological polar surface area (TPSA) is 99.5 Å². The summed E-state index contributed by atoms with van der Waals surface area (Å²) in [6.45, 7) is 8.28. The van der Waals surface area contributed by atoms with Crippen molar-refractivity contribution in [2.24, 2.45) is 0 Å². The molecule has 202 valence electrons. The summed E-state index contributed by atoms with van der Waals surface area (Å²) in [5.41, 5.74) is 6.57. The first-order valence-electron chi connectivity index (χ1n) is 13.7. The summed E-state index contributed by atoms with van der Waals surface area (Å²) in [6, 6.07) is 7.29. The number of carbonyl (C=O) groups excluding carboxylic acids is 2. The maximum absolute atomic E-state index is 11.9. The van der Waals surface area contributed by atoms with Crippen LogP contribution in [0, 0.1) is 13.8 Å². The van der Waals surface area contributed by atoms with Crippen molar-refractivity contribution in [3.8, 4) is 0 Å². The summed E-state index contributed by atoms with van der Waals surface area (Å²) in [4.78, 5) is 28.6. The van der Waals surface area contributed by atoms with Crippen molar-refractivity contribution in [1.82, 2.24) is 9.80 Å². The van der Waals surface area contributed by atoms with Crippen LogP contribution in [0.2, 0.25) is 0 Å². The van der Waals surface area contributed by atoms with Crippen LogP contribution in [0.5, 0.6) is 0 Å². The molecule has 2 aromatic carbocycles. The summed E-state index contributed by atoms with van der Waals surface area (Å²) < 4.78 is 10.4. The van der Waals surface area contributed by atoms with Gasteiger partial charge < -0.3 is 19.7 Å². The zero-order valence-electron chi connectivity index (χ0n) is 22.2. The van der Waals surface area contributed by atoms with Gasteiger partial charge in [-0.3, -0.25) is 9.80 Å². The predicted octanol–water partition coefficient (Wildman–Crippen LogP) is 3.34. The van der Waals surface area contributed by atoms with E-state index >= 15 is 0 Å². The molecule has 0 aromatic heterocycles. The highest BCUT2D eigenvalue weighted by molar-refractivity contribution is 5.94. The summed E-state index contributed by atoms with van der Waals surface area (Å²) in [7, 11) is 0. The number of benzene rings is 2. The van der Waals surface area contributed by atoms with Crippen LogP contribution in [0.3, 0.4) is 0 Å². The van der Waals surface area contributed by atoms with Crippen molar-refractivity contribution in [3.63, 3.8) is 0 Å². The van der Waals surface area contributed by atoms with E-state index in [1.165, 1.54) is 0 Å². The SMILES string of the molecule is Cc1c([C@@H](O)CN2CCCC3(CCCN3C[C@H](O)c3ccc4c(c3C)COC4=O)C2)ccc2c1COC2=O. The van der Waals surface area contributed by atoms with Gasteiger partial charge in [0.25, 0.3) is 0 Å². The van der Waals surface area contributed by atoms with Gasteiger partial charge in [0, 0.05) is 36.3 Å². The van der Waals surface area contributed by atoms with E-state index in [9.17, 15) is 19.8 Å². The highest BCUT2D eigenvalue weighted by atomic mass is 16.5. The molecule has 6 rings (SSSR count). The Morgan fingerprint density at radius 3 is 1.92 bits per heavy atom. The molecule has 0 aliphatic carbocycles. The molecule has 4 aliphatic heterocycles. The third kappa shape index (κ3) is 4.24. The first-order chi connectivity index (χ1) is 18.3. The molecule has 3 atom stereocenters. The average Bonchev–Trinajstić information content (AvgIpc) is 3.58. The molecular formula is C30H36N2O6. The van der Waals surface area contributed by atoms with Crippen LogP contribution >= 0.6 is 0 Å².